The van der Waals surface area contributed by atoms with Crippen molar-refractivity contribution in [2.24, 2.45) is 63.9 Å². The monoisotopic (exact) mass is 836 g/mol. The summed E-state index contributed by atoms with van der Waals surface area (Å²) in [4.78, 5) is 15.5. The van der Waals surface area contributed by atoms with Crippen molar-refractivity contribution in [3.63, 3.8) is 0 Å². The molecule has 11 nitrogen and oxygen atoms in total. The predicted molar refractivity (Wildman–Crippen MR) is 231 cm³/mol. The lowest BCUT2D eigenvalue weighted by atomic mass is 9.39. The largest absolute Gasteiger partial charge is 0.392 e. The molecular weight excluding hydrogens is 759 g/mol. The molecule has 336 valence electrons. The van der Waals surface area contributed by atoms with Gasteiger partial charge in [0, 0.05) is 30.0 Å². The summed E-state index contributed by atoms with van der Waals surface area (Å²) in [6, 6.07) is 0. The number of Topliss-reactive ketones (excluding diaryl/α,β-unsaturated/α-hetero) is 1. The molecule has 1 unspecified atom stereocenters. The molecule has 4 saturated carbocycles. The number of carbonyl (C=O) groups excluding carboxylic acids is 1. The number of fused-ring (bicyclic) bond motifs is 2. The van der Waals surface area contributed by atoms with Crippen molar-refractivity contribution in [3.05, 3.63) is 47.3 Å². The number of nitrogens with one attached hydrogen (secondary N) is 2. The van der Waals surface area contributed by atoms with Crippen molar-refractivity contribution in [3.8, 4) is 0 Å². The molecule has 0 aromatic rings. The number of allylic oxidation sites excluding steroid dienone is 5. The Morgan fingerprint density at radius 2 is 1.80 bits per heavy atom. The molecular formula is C49H77N3O8. The van der Waals surface area contributed by atoms with Gasteiger partial charge in [-0.15, -0.1) is 0 Å². The topological polar surface area (TPSA) is 198 Å². The zero-order valence-corrected chi connectivity index (χ0v) is 36.8. The Kier molecular flexibility index (Phi) is 12.7. The Bertz CT molecular complexity index is 1700. The number of unbranched alkanes of at least 4 members (excludes halogenated alkanes) is 3. The summed E-state index contributed by atoms with van der Waals surface area (Å²) >= 11 is 0. The normalized spacial score (nSPS) is 44.8. The van der Waals surface area contributed by atoms with Gasteiger partial charge in [-0.2, -0.15) is 0 Å². The summed E-state index contributed by atoms with van der Waals surface area (Å²) in [5.74, 6) is -1.60. The Morgan fingerprint density at radius 3 is 2.50 bits per heavy atom. The number of aliphatic hydroxyl groups is 6. The van der Waals surface area contributed by atoms with E-state index in [2.05, 4.69) is 36.6 Å². The Balaban J connectivity index is 1.28. The first-order chi connectivity index (χ1) is 28.6. The summed E-state index contributed by atoms with van der Waals surface area (Å²) in [6.07, 6.45) is 18.4. The van der Waals surface area contributed by atoms with Gasteiger partial charge in [-0.3, -0.25) is 4.79 Å². The quantitative estimate of drug-likeness (QED) is 0.0905. The van der Waals surface area contributed by atoms with Crippen LogP contribution in [0.1, 0.15) is 130 Å². The van der Waals surface area contributed by atoms with E-state index in [9.17, 15) is 30.6 Å². The van der Waals surface area contributed by atoms with Gasteiger partial charge in [0.25, 0.3) is 0 Å². The molecule has 0 aromatic heterocycles. The van der Waals surface area contributed by atoms with Gasteiger partial charge in [0.15, 0.2) is 5.78 Å². The lowest BCUT2D eigenvalue weighted by Crippen LogP contribution is -2.69. The fourth-order valence-electron chi connectivity index (χ4n) is 15.0. The van der Waals surface area contributed by atoms with Crippen LogP contribution in [0.25, 0.3) is 0 Å². The first-order valence-corrected chi connectivity index (χ1v) is 24.0. The van der Waals surface area contributed by atoms with Crippen molar-refractivity contribution in [2.45, 2.75) is 178 Å². The van der Waals surface area contributed by atoms with E-state index in [1.807, 2.05) is 18.4 Å². The van der Waals surface area contributed by atoms with Crippen LogP contribution < -0.4 is 16.4 Å². The van der Waals surface area contributed by atoms with E-state index < -0.39 is 64.4 Å². The van der Waals surface area contributed by atoms with E-state index in [1.54, 1.807) is 13.8 Å². The molecule has 0 amide bonds. The maximum atomic E-state index is 15.5. The lowest BCUT2D eigenvalue weighted by molar-refractivity contribution is -0.223. The van der Waals surface area contributed by atoms with Crippen LogP contribution >= 0.6 is 0 Å². The van der Waals surface area contributed by atoms with Gasteiger partial charge in [-0.05, 0) is 130 Å². The molecule has 60 heavy (non-hydrogen) atoms. The average molecular weight is 836 g/mol. The molecule has 5 fully saturated rings. The third-order valence-electron chi connectivity index (χ3n) is 17.9. The standard InChI is InChI=1S/C49H77N3O8/c1-5-6-7-9-12-33-27-60-44(29(33)3)45(57)46(4,58)38-19-20-49(59)41-40-31(23-48(38,49)34-13-10-8-11-14-34)16-15-30(32-17-18-39(50)51-26-32)22-47(40)24-37(55)36(54)21-35(47)43(56)42(41)52-25-28(2)53/h15-18,26,28-31,33-40,44-45,51-55,57-59H,5-14,19-25,27,50H2,1-4H3/t28-,29-,30+,31+,33+,35-,36+,37-,38+,39?,40-,44+,45+,46+,47-,48-,49+/m0/s1. The van der Waals surface area contributed by atoms with Gasteiger partial charge in [-0.25, -0.2) is 0 Å². The zero-order chi connectivity index (χ0) is 42.8. The van der Waals surface area contributed by atoms with Crippen LogP contribution in [0, 0.1) is 58.2 Å². The second-order valence-electron chi connectivity index (χ2n) is 21.2. The maximum absolute atomic E-state index is 15.5. The second kappa shape index (κ2) is 17.1. The molecule has 1 spiro atoms. The molecule has 17 atom stereocenters. The van der Waals surface area contributed by atoms with Gasteiger partial charge < -0.3 is 51.7 Å². The molecule has 8 aliphatic rings. The number of carbonyl (C=O) groups is 1. The fraction of sp³-hybridized carbons (Fsp3) is 0.816. The van der Waals surface area contributed by atoms with Gasteiger partial charge in [0.05, 0.1) is 54.1 Å². The maximum Gasteiger partial charge on any atom is 0.182 e. The number of rotatable bonds is 13. The van der Waals surface area contributed by atoms with E-state index in [4.69, 9.17) is 10.5 Å². The summed E-state index contributed by atoms with van der Waals surface area (Å²) in [5, 5.41) is 80.3. The van der Waals surface area contributed by atoms with Crippen molar-refractivity contribution >= 4 is 5.78 Å². The fourth-order valence-corrected chi connectivity index (χ4v) is 15.0. The first-order valence-electron chi connectivity index (χ1n) is 24.0. The lowest BCUT2D eigenvalue weighted by Gasteiger charge is -2.66. The zero-order valence-electron chi connectivity index (χ0n) is 36.8. The molecule has 2 aliphatic heterocycles. The van der Waals surface area contributed by atoms with Gasteiger partial charge in [0.1, 0.15) is 6.10 Å². The van der Waals surface area contributed by atoms with Crippen molar-refractivity contribution in [2.75, 3.05) is 13.2 Å². The van der Waals surface area contributed by atoms with Gasteiger partial charge in [-0.1, -0.05) is 77.0 Å². The highest BCUT2D eigenvalue weighted by molar-refractivity contribution is 6.00. The van der Waals surface area contributed by atoms with Crippen LogP contribution in [0.2, 0.25) is 0 Å². The van der Waals surface area contributed by atoms with Crippen LogP contribution in [0.3, 0.4) is 0 Å². The number of ketones is 1. The minimum absolute atomic E-state index is 0.0202. The summed E-state index contributed by atoms with van der Waals surface area (Å²) < 4.78 is 6.45. The van der Waals surface area contributed by atoms with Gasteiger partial charge >= 0.3 is 0 Å². The first kappa shape index (κ1) is 44.5. The number of dihydropyridines is 1. The molecule has 0 bridgehead atoms. The van der Waals surface area contributed by atoms with Crippen LogP contribution in [0.4, 0.5) is 0 Å². The molecule has 8 rings (SSSR count). The SMILES string of the molecule is CCCCCC[C@@H]1CO[C@@H]([C@@H](O)[C@](C)(O)[C@H]2CC[C@@]3(O)C4=C(NC[C@H](C)O)C(=O)[C@@H]5C[C@@H](O)[C@@H](O)C[C@@]56C[C@H](C5=CNC(N)C=C5)C=C[C@H](C[C@]23C2CCCCC2)[C@@H]46)[C@H]1C. The minimum atomic E-state index is -1.62. The van der Waals surface area contributed by atoms with E-state index in [0.29, 0.717) is 49.5 Å². The molecule has 11 heteroatoms. The highest BCUT2D eigenvalue weighted by atomic mass is 16.5. The molecule has 1 saturated heterocycles. The minimum Gasteiger partial charge on any atom is -0.392 e. The van der Waals surface area contributed by atoms with Crippen molar-refractivity contribution in [1.29, 1.82) is 0 Å². The third kappa shape index (κ3) is 7.21. The molecule has 0 radical (unpaired) electrons. The predicted octanol–water partition coefficient (Wildman–Crippen LogP) is 4.89. The Morgan fingerprint density at radius 1 is 1.03 bits per heavy atom. The molecule has 2 heterocycles. The van der Waals surface area contributed by atoms with E-state index >= 15 is 4.79 Å². The number of ether oxygens (including phenoxy) is 1. The van der Waals surface area contributed by atoms with E-state index in [-0.39, 0.29) is 60.9 Å². The average Bonchev–Trinajstić information content (AvgIpc) is 3.70. The van der Waals surface area contributed by atoms with Gasteiger partial charge in [0.2, 0.25) is 0 Å². The summed E-state index contributed by atoms with van der Waals surface area (Å²) in [7, 11) is 0. The Hall–Kier alpha value is -2.09. The highest BCUT2D eigenvalue weighted by Gasteiger charge is 2.76. The Labute approximate surface area is 358 Å². The molecule has 10 N–H and O–H groups in total. The number of hydrogen-bond acceptors (Lipinski definition) is 11. The van der Waals surface area contributed by atoms with E-state index in [1.165, 1.54) is 19.3 Å². The molecule has 6 aliphatic carbocycles. The second-order valence-corrected chi connectivity index (χ2v) is 21.2. The smallest absolute Gasteiger partial charge is 0.182 e. The van der Waals surface area contributed by atoms with Crippen LogP contribution in [0.5, 0.6) is 0 Å². The van der Waals surface area contributed by atoms with Crippen LogP contribution in [0.15, 0.2) is 47.3 Å². The number of nitrogens with two attached hydrogens (primary N) is 1. The highest BCUT2D eigenvalue weighted by Crippen LogP contribution is 2.75. The number of hydrogen-bond donors (Lipinski definition) is 9. The number of aliphatic hydroxyl groups excluding tert-OH is 4. The van der Waals surface area contributed by atoms with Crippen LogP contribution in [-0.4, -0.2) is 97.5 Å². The summed E-state index contributed by atoms with van der Waals surface area (Å²) in [5.41, 5.74) is 3.36. The van der Waals surface area contributed by atoms with Crippen molar-refractivity contribution < 1.29 is 40.2 Å². The van der Waals surface area contributed by atoms with Crippen molar-refractivity contribution in [1.82, 2.24) is 10.6 Å². The summed E-state index contributed by atoms with van der Waals surface area (Å²) in [6.45, 7) is 8.51. The molecule has 0 aromatic carbocycles. The third-order valence-corrected chi connectivity index (χ3v) is 17.9. The van der Waals surface area contributed by atoms with Crippen LogP contribution in [-0.2, 0) is 9.53 Å². The van der Waals surface area contributed by atoms with E-state index in [0.717, 1.165) is 50.5 Å².